The van der Waals surface area contributed by atoms with Crippen LogP contribution in [-0.4, -0.2) is 7.11 Å². The number of nitrogens with two attached hydrogens (primary N) is 1. The molecule has 16 heavy (non-hydrogen) atoms. The summed E-state index contributed by atoms with van der Waals surface area (Å²) in [7, 11) is 1.54. The third-order valence-corrected chi connectivity index (χ3v) is 2.72. The lowest BCUT2D eigenvalue weighted by Gasteiger charge is -2.16. The number of hydrogen-bond acceptors (Lipinski definition) is 2. The van der Waals surface area contributed by atoms with Gasteiger partial charge in [-0.15, -0.1) is 0 Å². The summed E-state index contributed by atoms with van der Waals surface area (Å²) < 4.78 is 18.8. The Kier molecular flexibility index (Phi) is 5.26. The molecule has 0 spiro atoms. The normalized spacial score (nSPS) is 12.5. The third-order valence-electron chi connectivity index (χ3n) is 2.72. The SMILES string of the molecule is CCCCC[C@@H](N)c1c(F)cccc1OC. The molecule has 0 aliphatic carbocycles. The number of unbranched alkanes of at least 4 members (excludes halogenated alkanes) is 2. The highest BCUT2D eigenvalue weighted by molar-refractivity contribution is 5.36. The number of hydrogen-bond donors (Lipinski definition) is 1. The van der Waals surface area contributed by atoms with Gasteiger partial charge in [0.25, 0.3) is 0 Å². The van der Waals surface area contributed by atoms with Crippen LogP contribution in [0.3, 0.4) is 0 Å². The van der Waals surface area contributed by atoms with E-state index in [9.17, 15) is 4.39 Å². The molecule has 0 aromatic heterocycles. The van der Waals surface area contributed by atoms with Crippen LogP contribution in [-0.2, 0) is 0 Å². The first kappa shape index (κ1) is 13.0. The first-order valence-corrected chi connectivity index (χ1v) is 5.78. The maximum Gasteiger partial charge on any atom is 0.131 e. The summed E-state index contributed by atoms with van der Waals surface area (Å²) in [6, 6.07) is 4.54. The monoisotopic (exact) mass is 225 g/mol. The van der Waals surface area contributed by atoms with E-state index in [4.69, 9.17) is 10.5 Å². The Labute approximate surface area is 96.6 Å². The second-order valence-electron chi connectivity index (χ2n) is 3.96. The van der Waals surface area contributed by atoms with Crippen molar-refractivity contribution in [2.24, 2.45) is 5.73 Å². The van der Waals surface area contributed by atoms with Crippen LogP contribution in [0.15, 0.2) is 18.2 Å². The van der Waals surface area contributed by atoms with Crippen molar-refractivity contribution in [3.8, 4) is 5.75 Å². The predicted octanol–water partition coefficient (Wildman–Crippen LogP) is 3.41. The number of benzene rings is 1. The first-order chi connectivity index (χ1) is 7.70. The molecule has 0 amide bonds. The second-order valence-corrected chi connectivity index (χ2v) is 3.96. The van der Waals surface area contributed by atoms with Crippen molar-refractivity contribution < 1.29 is 9.13 Å². The zero-order valence-electron chi connectivity index (χ0n) is 10.0. The molecule has 0 fully saturated rings. The Hall–Kier alpha value is -1.09. The van der Waals surface area contributed by atoms with Gasteiger partial charge in [0.15, 0.2) is 0 Å². The van der Waals surface area contributed by atoms with E-state index in [1.54, 1.807) is 12.1 Å². The maximum absolute atomic E-state index is 13.6. The lowest BCUT2D eigenvalue weighted by molar-refractivity contribution is 0.396. The molecule has 90 valence electrons. The summed E-state index contributed by atoms with van der Waals surface area (Å²) in [5.74, 6) is 0.271. The molecule has 1 aromatic carbocycles. The van der Waals surface area contributed by atoms with Crippen molar-refractivity contribution in [2.75, 3.05) is 7.11 Å². The summed E-state index contributed by atoms with van der Waals surface area (Å²) in [6.45, 7) is 2.13. The second kappa shape index (κ2) is 6.48. The fraction of sp³-hybridized carbons (Fsp3) is 0.538. The van der Waals surface area contributed by atoms with Crippen LogP contribution in [0, 0.1) is 5.82 Å². The summed E-state index contributed by atoms with van der Waals surface area (Å²) in [5, 5.41) is 0. The molecule has 1 atom stereocenters. The molecule has 1 aromatic rings. The van der Waals surface area contributed by atoms with Gasteiger partial charge in [-0.2, -0.15) is 0 Å². The fourth-order valence-corrected chi connectivity index (χ4v) is 1.81. The average molecular weight is 225 g/mol. The molecule has 2 nitrogen and oxygen atoms in total. The number of ether oxygens (including phenoxy) is 1. The van der Waals surface area contributed by atoms with Crippen molar-refractivity contribution in [1.82, 2.24) is 0 Å². The van der Waals surface area contributed by atoms with Gasteiger partial charge in [0.2, 0.25) is 0 Å². The summed E-state index contributed by atoms with van der Waals surface area (Å²) >= 11 is 0. The van der Waals surface area contributed by atoms with Gasteiger partial charge in [-0.05, 0) is 18.6 Å². The molecule has 3 heteroatoms. The Morgan fingerprint density at radius 3 is 2.75 bits per heavy atom. The van der Waals surface area contributed by atoms with E-state index < -0.39 is 0 Å². The molecule has 1 rings (SSSR count). The topological polar surface area (TPSA) is 35.2 Å². The maximum atomic E-state index is 13.6. The Bertz CT molecular complexity index is 328. The summed E-state index contributed by atoms with van der Waals surface area (Å²) in [4.78, 5) is 0. The van der Waals surface area contributed by atoms with Crippen LogP contribution in [0.5, 0.6) is 5.75 Å². The molecule has 0 unspecified atom stereocenters. The molecule has 0 aliphatic rings. The van der Waals surface area contributed by atoms with Crippen molar-refractivity contribution in [3.63, 3.8) is 0 Å². The van der Waals surface area contributed by atoms with E-state index >= 15 is 0 Å². The molecular weight excluding hydrogens is 205 g/mol. The molecule has 0 radical (unpaired) electrons. The molecular formula is C13H20FNO. The van der Waals surface area contributed by atoms with Gasteiger partial charge < -0.3 is 10.5 Å². The van der Waals surface area contributed by atoms with Gasteiger partial charge >= 0.3 is 0 Å². The predicted molar refractivity (Wildman–Crippen MR) is 64.0 cm³/mol. The van der Waals surface area contributed by atoms with Crippen LogP contribution >= 0.6 is 0 Å². The van der Waals surface area contributed by atoms with E-state index in [2.05, 4.69) is 6.92 Å². The molecule has 0 saturated carbocycles. The van der Waals surface area contributed by atoms with Gasteiger partial charge in [0.1, 0.15) is 11.6 Å². The Morgan fingerprint density at radius 2 is 2.12 bits per heavy atom. The van der Waals surface area contributed by atoms with E-state index in [1.807, 2.05) is 0 Å². The third kappa shape index (κ3) is 3.20. The molecule has 0 heterocycles. The summed E-state index contributed by atoms with van der Waals surface area (Å²) in [5.41, 5.74) is 6.49. The van der Waals surface area contributed by atoms with Crippen molar-refractivity contribution in [1.29, 1.82) is 0 Å². The van der Waals surface area contributed by atoms with Gasteiger partial charge in [-0.1, -0.05) is 32.3 Å². The number of halogens is 1. The number of rotatable bonds is 6. The van der Waals surface area contributed by atoms with Crippen LogP contribution in [0.25, 0.3) is 0 Å². The molecule has 0 saturated heterocycles. The highest BCUT2D eigenvalue weighted by atomic mass is 19.1. The van der Waals surface area contributed by atoms with Crippen LogP contribution in [0.2, 0.25) is 0 Å². The minimum Gasteiger partial charge on any atom is -0.496 e. The van der Waals surface area contributed by atoms with Crippen LogP contribution in [0.4, 0.5) is 4.39 Å². The standard InChI is InChI=1S/C13H20FNO/c1-3-4-5-8-11(15)13-10(14)7-6-9-12(13)16-2/h6-7,9,11H,3-5,8,15H2,1-2H3/t11-/m1/s1. The molecule has 0 bridgehead atoms. The number of methoxy groups -OCH3 is 1. The summed E-state index contributed by atoms with van der Waals surface area (Å²) in [6.07, 6.45) is 4.09. The van der Waals surface area contributed by atoms with Crippen LogP contribution < -0.4 is 10.5 Å². The minimum atomic E-state index is -0.275. The van der Waals surface area contributed by atoms with Gasteiger partial charge in [-0.3, -0.25) is 0 Å². The van der Waals surface area contributed by atoms with Gasteiger partial charge in [0, 0.05) is 11.6 Å². The van der Waals surface area contributed by atoms with E-state index in [0.717, 1.165) is 25.7 Å². The zero-order chi connectivity index (χ0) is 12.0. The first-order valence-electron chi connectivity index (χ1n) is 5.78. The molecule has 0 aliphatic heterocycles. The zero-order valence-corrected chi connectivity index (χ0v) is 10.0. The van der Waals surface area contributed by atoms with E-state index in [-0.39, 0.29) is 11.9 Å². The largest absolute Gasteiger partial charge is 0.496 e. The lowest BCUT2D eigenvalue weighted by atomic mass is 10.00. The highest BCUT2D eigenvalue weighted by Crippen LogP contribution is 2.29. The van der Waals surface area contributed by atoms with E-state index in [1.165, 1.54) is 13.2 Å². The van der Waals surface area contributed by atoms with Gasteiger partial charge in [-0.25, -0.2) is 4.39 Å². The van der Waals surface area contributed by atoms with Crippen LogP contribution in [0.1, 0.15) is 44.2 Å². The molecule has 2 N–H and O–H groups in total. The van der Waals surface area contributed by atoms with E-state index in [0.29, 0.717) is 11.3 Å². The van der Waals surface area contributed by atoms with Crippen molar-refractivity contribution in [3.05, 3.63) is 29.6 Å². The van der Waals surface area contributed by atoms with Crippen molar-refractivity contribution in [2.45, 2.75) is 38.6 Å². The Balaban J connectivity index is 2.76. The Morgan fingerprint density at radius 1 is 1.38 bits per heavy atom. The minimum absolute atomic E-state index is 0.275. The quantitative estimate of drug-likeness (QED) is 0.753. The lowest BCUT2D eigenvalue weighted by Crippen LogP contribution is -2.13. The highest BCUT2D eigenvalue weighted by Gasteiger charge is 2.16. The van der Waals surface area contributed by atoms with Crippen molar-refractivity contribution >= 4 is 0 Å². The smallest absolute Gasteiger partial charge is 0.131 e. The van der Waals surface area contributed by atoms with Gasteiger partial charge in [0.05, 0.1) is 7.11 Å². The average Bonchev–Trinajstić information content (AvgIpc) is 2.28. The fourth-order valence-electron chi connectivity index (χ4n) is 1.81.